The van der Waals surface area contributed by atoms with Gasteiger partial charge in [-0.15, -0.1) is 0 Å². The molecule has 3 nitrogen and oxygen atoms in total. The lowest BCUT2D eigenvalue weighted by Crippen LogP contribution is -2.14. The van der Waals surface area contributed by atoms with Gasteiger partial charge in [-0.05, 0) is 41.3 Å². The highest BCUT2D eigenvalue weighted by molar-refractivity contribution is 5.80. The predicted molar refractivity (Wildman–Crippen MR) is 88.8 cm³/mol. The van der Waals surface area contributed by atoms with Crippen molar-refractivity contribution in [2.24, 2.45) is 0 Å². The molecule has 0 unspecified atom stereocenters. The maximum Gasteiger partial charge on any atom is 0.336 e. The molecule has 1 heterocycles. The van der Waals surface area contributed by atoms with Gasteiger partial charge in [0, 0.05) is 24.5 Å². The fraction of sp³-hybridized carbons (Fsp3) is 0.211. The molecule has 3 rings (SSSR count). The molecule has 1 N–H and O–H groups in total. The van der Waals surface area contributed by atoms with Crippen molar-refractivity contribution < 1.29 is 8.81 Å². The molecule has 0 radical (unpaired) electrons. The summed E-state index contributed by atoms with van der Waals surface area (Å²) in [5, 5.41) is 4.22. The Labute approximate surface area is 133 Å². The minimum absolute atomic E-state index is 0.243. The number of halogens is 1. The molecular weight excluding hydrogens is 293 g/mol. The van der Waals surface area contributed by atoms with E-state index in [4.69, 9.17) is 4.42 Å². The van der Waals surface area contributed by atoms with Gasteiger partial charge in [-0.3, -0.25) is 0 Å². The van der Waals surface area contributed by atoms with Crippen molar-refractivity contribution in [2.75, 3.05) is 0 Å². The summed E-state index contributed by atoms with van der Waals surface area (Å²) in [5.74, 6) is -0.243. The number of nitrogens with one attached hydrogen (secondary N) is 1. The van der Waals surface area contributed by atoms with Crippen molar-refractivity contribution in [3.63, 3.8) is 0 Å². The summed E-state index contributed by atoms with van der Waals surface area (Å²) < 4.78 is 18.2. The number of benzene rings is 2. The lowest BCUT2D eigenvalue weighted by atomic mass is 10.1. The molecule has 0 amide bonds. The maximum absolute atomic E-state index is 12.9. The van der Waals surface area contributed by atoms with Crippen LogP contribution in [0.3, 0.4) is 0 Å². The highest BCUT2D eigenvalue weighted by atomic mass is 19.1. The van der Waals surface area contributed by atoms with Crippen LogP contribution in [0.15, 0.2) is 57.7 Å². The second kappa shape index (κ2) is 6.75. The van der Waals surface area contributed by atoms with Crippen molar-refractivity contribution in [3.8, 4) is 0 Å². The van der Waals surface area contributed by atoms with Gasteiger partial charge in [0.25, 0.3) is 0 Å². The smallest absolute Gasteiger partial charge is 0.336 e. The average molecular weight is 311 g/mol. The van der Waals surface area contributed by atoms with Crippen LogP contribution in [0.2, 0.25) is 0 Å². The van der Waals surface area contributed by atoms with Crippen LogP contribution < -0.4 is 10.9 Å². The molecule has 118 valence electrons. The molecule has 3 aromatic rings. The molecule has 0 bridgehead atoms. The van der Waals surface area contributed by atoms with Gasteiger partial charge in [-0.1, -0.05) is 31.2 Å². The molecular formula is C19H18FNO2. The van der Waals surface area contributed by atoms with E-state index in [2.05, 4.69) is 12.2 Å². The number of rotatable bonds is 5. The van der Waals surface area contributed by atoms with Crippen LogP contribution in [0, 0.1) is 5.82 Å². The van der Waals surface area contributed by atoms with Crippen LogP contribution in [0.5, 0.6) is 0 Å². The quantitative estimate of drug-likeness (QED) is 0.729. The Hall–Kier alpha value is -2.46. The van der Waals surface area contributed by atoms with E-state index >= 15 is 0 Å². The van der Waals surface area contributed by atoms with E-state index in [0.29, 0.717) is 18.7 Å². The van der Waals surface area contributed by atoms with Gasteiger partial charge in [0.1, 0.15) is 11.4 Å². The van der Waals surface area contributed by atoms with Crippen LogP contribution in [0.25, 0.3) is 11.0 Å². The summed E-state index contributed by atoms with van der Waals surface area (Å²) in [5.41, 5.74) is 3.31. The van der Waals surface area contributed by atoms with Gasteiger partial charge in [-0.2, -0.15) is 0 Å². The molecule has 0 atom stereocenters. The van der Waals surface area contributed by atoms with Crippen molar-refractivity contribution in [1.82, 2.24) is 5.32 Å². The zero-order valence-electron chi connectivity index (χ0n) is 12.9. The monoisotopic (exact) mass is 311 g/mol. The number of fused-ring (bicyclic) bond motifs is 1. The van der Waals surface area contributed by atoms with Gasteiger partial charge in [-0.25, -0.2) is 9.18 Å². The minimum Gasteiger partial charge on any atom is -0.423 e. The first-order valence-electron chi connectivity index (χ1n) is 7.66. The summed E-state index contributed by atoms with van der Waals surface area (Å²) >= 11 is 0. The second-order valence-electron chi connectivity index (χ2n) is 5.50. The molecule has 1 aromatic heterocycles. The zero-order chi connectivity index (χ0) is 16.2. The third-order valence-corrected chi connectivity index (χ3v) is 3.86. The molecule has 0 aliphatic carbocycles. The number of hydrogen-bond donors (Lipinski definition) is 1. The van der Waals surface area contributed by atoms with E-state index in [1.54, 1.807) is 12.1 Å². The second-order valence-corrected chi connectivity index (χ2v) is 5.50. The predicted octanol–water partition coefficient (Wildman–Crippen LogP) is 3.78. The normalized spacial score (nSPS) is 11.0. The number of hydrogen-bond acceptors (Lipinski definition) is 3. The Kier molecular flexibility index (Phi) is 4.53. The largest absolute Gasteiger partial charge is 0.423 e. The van der Waals surface area contributed by atoms with E-state index in [1.165, 1.54) is 18.2 Å². The van der Waals surface area contributed by atoms with Gasteiger partial charge < -0.3 is 9.73 Å². The Morgan fingerprint density at radius 1 is 1.00 bits per heavy atom. The summed E-state index contributed by atoms with van der Waals surface area (Å²) in [7, 11) is 0. The summed E-state index contributed by atoms with van der Waals surface area (Å²) in [6.07, 6.45) is 0.896. The lowest BCUT2D eigenvalue weighted by molar-refractivity contribution is 0.556. The Morgan fingerprint density at radius 2 is 1.74 bits per heavy atom. The van der Waals surface area contributed by atoms with E-state index in [-0.39, 0.29) is 11.4 Å². The third-order valence-electron chi connectivity index (χ3n) is 3.86. The molecule has 0 aliphatic heterocycles. The van der Waals surface area contributed by atoms with Gasteiger partial charge >= 0.3 is 5.63 Å². The third kappa shape index (κ3) is 3.66. The fourth-order valence-electron chi connectivity index (χ4n) is 2.58. The highest BCUT2D eigenvalue weighted by Gasteiger charge is 2.06. The summed E-state index contributed by atoms with van der Waals surface area (Å²) in [4.78, 5) is 11.7. The molecule has 0 saturated heterocycles. The van der Waals surface area contributed by atoms with Crippen LogP contribution >= 0.6 is 0 Å². The van der Waals surface area contributed by atoms with E-state index in [0.717, 1.165) is 28.5 Å². The number of aryl methyl sites for hydroxylation is 1. The average Bonchev–Trinajstić information content (AvgIpc) is 2.55. The van der Waals surface area contributed by atoms with Crippen molar-refractivity contribution in [3.05, 3.63) is 81.5 Å². The van der Waals surface area contributed by atoms with Crippen LogP contribution in [-0.2, 0) is 19.5 Å². The SMILES string of the molecule is CCc1ccc2c(CNCc3ccc(F)cc3)cc(=O)oc2c1. The van der Waals surface area contributed by atoms with E-state index in [1.807, 2.05) is 18.2 Å². The van der Waals surface area contributed by atoms with Gasteiger partial charge in [0.2, 0.25) is 0 Å². The molecule has 23 heavy (non-hydrogen) atoms. The molecule has 0 fully saturated rings. The first kappa shape index (κ1) is 15.4. The highest BCUT2D eigenvalue weighted by Crippen LogP contribution is 2.19. The topological polar surface area (TPSA) is 42.2 Å². The first-order chi connectivity index (χ1) is 11.2. The Balaban J connectivity index is 1.79. The molecule has 0 aliphatic rings. The van der Waals surface area contributed by atoms with Crippen LogP contribution in [0.1, 0.15) is 23.6 Å². The van der Waals surface area contributed by atoms with Gasteiger partial charge in [0.05, 0.1) is 0 Å². The molecule has 0 spiro atoms. The summed E-state index contributed by atoms with van der Waals surface area (Å²) in [6, 6.07) is 13.8. The lowest BCUT2D eigenvalue weighted by Gasteiger charge is -2.08. The first-order valence-corrected chi connectivity index (χ1v) is 7.66. The van der Waals surface area contributed by atoms with Gasteiger partial charge in [0.15, 0.2) is 0 Å². The standard InChI is InChI=1S/C19H18FNO2/c1-2-13-5-8-17-15(10-19(22)23-18(17)9-13)12-21-11-14-3-6-16(20)7-4-14/h3-10,21H,2,11-12H2,1H3. The van der Waals surface area contributed by atoms with Crippen molar-refractivity contribution >= 4 is 11.0 Å². The summed E-state index contributed by atoms with van der Waals surface area (Å²) in [6.45, 7) is 3.22. The molecule has 4 heteroatoms. The van der Waals surface area contributed by atoms with Crippen molar-refractivity contribution in [2.45, 2.75) is 26.4 Å². The maximum atomic E-state index is 12.9. The molecule has 2 aromatic carbocycles. The Bertz CT molecular complexity index is 869. The fourth-order valence-corrected chi connectivity index (χ4v) is 2.58. The minimum atomic E-state index is -0.343. The zero-order valence-corrected chi connectivity index (χ0v) is 12.9. The Morgan fingerprint density at radius 3 is 2.48 bits per heavy atom. The molecule has 0 saturated carbocycles. The van der Waals surface area contributed by atoms with E-state index in [9.17, 15) is 9.18 Å². The van der Waals surface area contributed by atoms with Crippen molar-refractivity contribution in [1.29, 1.82) is 0 Å². The van der Waals surface area contributed by atoms with Crippen LogP contribution in [0.4, 0.5) is 4.39 Å². The van der Waals surface area contributed by atoms with E-state index < -0.39 is 0 Å². The van der Waals surface area contributed by atoms with Crippen LogP contribution in [-0.4, -0.2) is 0 Å².